The predicted molar refractivity (Wildman–Crippen MR) is 74.9 cm³/mol. The van der Waals surface area contributed by atoms with E-state index in [0.717, 1.165) is 18.3 Å². The van der Waals surface area contributed by atoms with Crippen LogP contribution in [-0.4, -0.2) is 48.7 Å². The molecule has 5 N–H and O–H groups in total. The van der Waals surface area contributed by atoms with E-state index < -0.39 is 44.0 Å². The summed E-state index contributed by atoms with van der Waals surface area (Å²) < 4.78 is 49.1. The van der Waals surface area contributed by atoms with Crippen LogP contribution in [0, 0.1) is 0 Å². The number of aliphatic hydroxyl groups excluding tert-OH is 1. The molecule has 2 heterocycles. The number of alkyl halides is 2. The van der Waals surface area contributed by atoms with Crippen molar-refractivity contribution in [1.82, 2.24) is 9.55 Å². The summed E-state index contributed by atoms with van der Waals surface area (Å²) >= 11 is 0. The van der Waals surface area contributed by atoms with Crippen LogP contribution >= 0.6 is 7.82 Å². The first-order valence-corrected chi connectivity index (χ1v) is 7.88. The molecule has 1 aromatic heterocycles. The van der Waals surface area contributed by atoms with E-state index in [0.29, 0.717) is 4.57 Å². The number of phosphoric acid groups is 1. The van der Waals surface area contributed by atoms with Gasteiger partial charge in [0.05, 0.1) is 6.61 Å². The smallest absolute Gasteiger partial charge is 0.383 e. The van der Waals surface area contributed by atoms with Gasteiger partial charge in [-0.3, -0.25) is 9.09 Å². The molecule has 1 aromatic rings. The Morgan fingerprint density at radius 3 is 2.71 bits per heavy atom. The minimum atomic E-state index is -5.03. The van der Waals surface area contributed by atoms with E-state index in [2.05, 4.69) is 16.1 Å². The van der Waals surface area contributed by atoms with Crippen molar-refractivity contribution < 1.29 is 37.5 Å². The summed E-state index contributed by atoms with van der Waals surface area (Å²) in [5.74, 6) is -4.23. The van der Waals surface area contributed by atoms with E-state index >= 15 is 0 Å². The van der Waals surface area contributed by atoms with Crippen molar-refractivity contribution in [3.8, 4) is 0 Å². The molecule has 0 bridgehead atoms. The molecule has 0 aliphatic carbocycles. The lowest BCUT2D eigenvalue weighted by Gasteiger charge is -2.27. The number of ether oxygens (including phenoxy) is 1. The Hall–Kier alpha value is -1.69. The highest BCUT2D eigenvalue weighted by Gasteiger charge is 2.66. The Bertz CT molecular complexity index is 751. The van der Waals surface area contributed by atoms with Crippen LogP contribution in [0.15, 0.2) is 29.7 Å². The second-order valence-corrected chi connectivity index (χ2v) is 6.25. The van der Waals surface area contributed by atoms with Crippen molar-refractivity contribution in [3.05, 3.63) is 35.4 Å². The maximum atomic E-state index is 14.4. The maximum absolute atomic E-state index is 14.4. The molecule has 24 heavy (non-hydrogen) atoms. The Balaban J connectivity index is 2.44. The fourth-order valence-corrected chi connectivity index (χ4v) is 2.54. The second-order valence-electron chi connectivity index (χ2n) is 5.01. The zero-order valence-electron chi connectivity index (χ0n) is 12.0. The van der Waals surface area contributed by atoms with Crippen LogP contribution < -0.4 is 11.4 Å². The lowest BCUT2D eigenvalue weighted by Crippen LogP contribution is -2.48. The summed E-state index contributed by atoms with van der Waals surface area (Å²) in [6.07, 6.45) is -3.30. The third-order valence-electron chi connectivity index (χ3n) is 3.40. The molecule has 3 atom stereocenters. The van der Waals surface area contributed by atoms with Crippen LogP contribution in [-0.2, 0) is 13.8 Å². The number of halogens is 2. The molecule has 0 spiro atoms. The SMILES string of the molecule is C=C[C@]1(COP(=O)(O)O)O[C@@H](n2ccc(N)nc2=O)C(F)(F)[C@@H]1O. The fraction of sp³-hybridized carbons (Fsp3) is 0.455. The first kappa shape index (κ1) is 18.6. The number of nitrogen functional groups attached to an aromatic ring is 1. The van der Waals surface area contributed by atoms with Gasteiger partial charge in [-0.1, -0.05) is 6.08 Å². The van der Waals surface area contributed by atoms with Crippen LogP contribution in [0.5, 0.6) is 0 Å². The van der Waals surface area contributed by atoms with Crippen molar-refractivity contribution in [1.29, 1.82) is 0 Å². The first-order chi connectivity index (χ1) is 10.9. The minimum Gasteiger partial charge on any atom is -0.383 e. The minimum absolute atomic E-state index is 0.210. The largest absolute Gasteiger partial charge is 0.469 e. The molecule has 134 valence electrons. The highest BCUT2D eigenvalue weighted by atomic mass is 31.2. The van der Waals surface area contributed by atoms with Crippen molar-refractivity contribution in [3.63, 3.8) is 0 Å². The number of anilines is 1. The highest BCUT2D eigenvalue weighted by molar-refractivity contribution is 7.46. The Labute approximate surface area is 133 Å². The zero-order valence-corrected chi connectivity index (χ0v) is 12.8. The number of nitrogens with zero attached hydrogens (tertiary/aromatic N) is 2. The van der Waals surface area contributed by atoms with Gasteiger partial charge in [-0.05, 0) is 6.07 Å². The molecule has 13 heteroatoms. The molecule has 0 saturated carbocycles. The molecule has 1 aliphatic heterocycles. The second kappa shape index (κ2) is 5.99. The highest BCUT2D eigenvalue weighted by Crippen LogP contribution is 2.50. The van der Waals surface area contributed by atoms with Crippen molar-refractivity contribution in [2.75, 3.05) is 12.3 Å². The number of hydrogen-bond acceptors (Lipinski definition) is 7. The van der Waals surface area contributed by atoms with E-state index in [1.54, 1.807) is 0 Å². The van der Waals surface area contributed by atoms with Gasteiger partial charge < -0.3 is 25.4 Å². The van der Waals surface area contributed by atoms with Gasteiger partial charge in [-0.2, -0.15) is 13.8 Å². The molecular formula is C11H14F2N3O7P. The average molecular weight is 369 g/mol. The molecule has 0 amide bonds. The predicted octanol–water partition coefficient (Wildman–Crippen LogP) is -0.615. The summed E-state index contributed by atoms with van der Waals surface area (Å²) in [6.45, 7) is 2.10. The van der Waals surface area contributed by atoms with Crippen molar-refractivity contribution in [2.24, 2.45) is 0 Å². The van der Waals surface area contributed by atoms with Crippen LogP contribution in [0.2, 0.25) is 0 Å². The molecule has 2 rings (SSSR count). The summed E-state index contributed by atoms with van der Waals surface area (Å²) in [4.78, 5) is 32.4. The van der Waals surface area contributed by atoms with E-state index in [4.69, 9.17) is 20.3 Å². The normalized spacial score (nSPS) is 29.5. The standard InChI is InChI=1S/C11H14F2N3O7P/c1-2-10(5-22-24(19,20)21)7(17)11(12,13)8(23-10)16-4-3-6(14)15-9(16)18/h2-4,7-8,17H,1,5H2,(H2,14,15,18)(H2,19,20,21)/t7-,8-,10-/m1/s1. The van der Waals surface area contributed by atoms with Crippen molar-refractivity contribution in [2.45, 2.75) is 23.9 Å². The number of rotatable bonds is 5. The monoisotopic (exact) mass is 369 g/mol. The van der Waals surface area contributed by atoms with E-state index in [1.807, 2.05) is 0 Å². The third-order valence-corrected chi connectivity index (χ3v) is 3.86. The molecule has 0 radical (unpaired) electrons. The summed E-state index contributed by atoms with van der Waals surface area (Å²) in [5.41, 5.74) is 1.74. The van der Waals surface area contributed by atoms with E-state index in [1.165, 1.54) is 0 Å². The maximum Gasteiger partial charge on any atom is 0.469 e. The van der Waals surface area contributed by atoms with Gasteiger partial charge in [0.25, 0.3) is 0 Å². The zero-order chi connectivity index (χ0) is 18.3. The molecule has 1 saturated heterocycles. The summed E-state index contributed by atoms with van der Waals surface area (Å²) in [6, 6.07) is 1.06. The third kappa shape index (κ3) is 3.24. The molecule has 1 aliphatic rings. The Morgan fingerprint density at radius 1 is 1.58 bits per heavy atom. The van der Waals surface area contributed by atoms with Gasteiger partial charge in [-0.25, -0.2) is 9.36 Å². The quantitative estimate of drug-likeness (QED) is 0.392. The molecule has 0 unspecified atom stereocenters. The van der Waals surface area contributed by atoms with Crippen LogP contribution in [0.4, 0.5) is 14.6 Å². The number of aliphatic hydroxyl groups is 1. The number of aromatic nitrogens is 2. The van der Waals surface area contributed by atoms with Crippen molar-refractivity contribution >= 4 is 13.6 Å². The van der Waals surface area contributed by atoms with Gasteiger partial charge >= 0.3 is 19.4 Å². The van der Waals surface area contributed by atoms with Gasteiger partial charge in [0.15, 0.2) is 6.10 Å². The average Bonchev–Trinajstić information content (AvgIpc) is 2.66. The Morgan fingerprint density at radius 2 is 2.21 bits per heavy atom. The number of hydrogen-bond donors (Lipinski definition) is 4. The molecule has 1 fully saturated rings. The van der Waals surface area contributed by atoms with Crippen LogP contribution in [0.3, 0.4) is 0 Å². The van der Waals surface area contributed by atoms with E-state index in [9.17, 15) is 23.2 Å². The first-order valence-electron chi connectivity index (χ1n) is 6.35. The Kier molecular flexibility index (Phi) is 4.65. The summed E-state index contributed by atoms with van der Waals surface area (Å²) in [5, 5.41) is 9.90. The van der Waals surface area contributed by atoms with E-state index in [-0.39, 0.29) is 5.82 Å². The lowest BCUT2D eigenvalue weighted by atomic mass is 9.95. The summed E-state index contributed by atoms with van der Waals surface area (Å²) in [7, 11) is -5.03. The number of phosphoric ester groups is 1. The topological polar surface area (TPSA) is 157 Å². The van der Waals surface area contributed by atoms with Gasteiger partial charge in [0.1, 0.15) is 11.4 Å². The molecule has 10 nitrogen and oxygen atoms in total. The van der Waals surface area contributed by atoms with Crippen LogP contribution in [0.25, 0.3) is 0 Å². The van der Waals surface area contributed by atoms with Gasteiger partial charge in [0.2, 0.25) is 6.23 Å². The van der Waals surface area contributed by atoms with Gasteiger partial charge in [0, 0.05) is 6.20 Å². The van der Waals surface area contributed by atoms with Crippen LogP contribution in [0.1, 0.15) is 6.23 Å². The molecular weight excluding hydrogens is 355 g/mol. The fourth-order valence-electron chi connectivity index (χ4n) is 2.17. The number of nitrogens with two attached hydrogens (primary N) is 1. The van der Waals surface area contributed by atoms with Gasteiger partial charge in [-0.15, -0.1) is 6.58 Å². The lowest BCUT2D eigenvalue weighted by molar-refractivity contribution is -0.142. The molecule has 0 aromatic carbocycles.